The molecule has 1 heterocycles. The predicted octanol–water partition coefficient (Wildman–Crippen LogP) is 3.40. The molecule has 0 aliphatic heterocycles. The molecule has 3 aromatic rings. The number of methoxy groups -OCH3 is 2. The zero-order chi connectivity index (χ0) is 24.7. The lowest BCUT2D eigenvalue weighted by Gasteiger charge is -2.18. The lowest BCUT2D eigenvalue weighted by atomic mass is 10.2. The normalized spacial score (nSPS) is 11.9. The summed E-state index contributed by atoms with van der Waals surface area (Å²) in [6.07, 6.45) is -0.239. The van der Waals surface area contributed by atoms with Gasteiger partial charge in [0.2, 0.25) is 5.88 Å². The van der Waals surface area contributed by atoms with E-state index >= 15 is 0 Å². The van der Waals surface area contributed by atoms with Gasteiger partial charge in [0.1, 0.15) is 5.75 Å². The largest absolute Gasteiger partial charge is 0.481 e. The van der Waals surface area contributed by atoms with E-state index in [2.05, 4.69) is 20.0 Å². The molecule has 1 aromatic heterocycles. The van der Waals surface area contributed by atoms with Gasteiger partial charge >= 0.3 is 6.01 Å². The maximum Gasteiger partial charge on any atom is 0.321 e. The van der Waals surface area contributed by atoms with Crippen LogP contribution in [-0.2, 0) is 14.8 Å². The summed E-state index contributed by atoms with van der Waals surface area (Å²) < 4.78 is 43.7. The minimum absolute atomic E-state index is 0.0137. The van der Waals surface area contributed by atoms with Gasteiger partial charge in [-0.3, -0.25) is 9.52 Å². The number of nitrogens with zero attached hydrogens (tertiary/aromatic N) is 2. The summed E-state index contributed by atoms with van der Waals surface area (Å²) in [5.74, 6) is 0.427. The van der Waals surface area contributed by atoms with Gasteiger partial charge in [-0.2, -0.15) is 9.97 Å². The van der Waals surface area contributed by atoms with E-state index in [1.54, 1.807) is 6.07 Å². The number of ether oxygens (including phenoxy) is 3. The fraction of sp³-hybridized carbons (Fsp3) is 0.261. The van der Waals surface area contributed by atoms with Crippen LogP contribution in [0.15, 0.2) is 59.5 Å². The van der Waals surface area contributed by atoms with Gasteiger partial charge in [-0.1, -0.05) is 25.1 Å². The average Bonchev–Trinajstić information content (AvgIpc) is 2.83. The first kappa shape index (κ1) is 24.8. The first-order valence-electron chi connectivity index (χ1n) is 10.4. The van der Waals surface area contributed by atoms with Crippen LogP contribution in [0.3, 0.4) is 0 Å². The zero-order valence-electron chi connectivity index (χ0n) is 19.2. The molecule has 0 bridgehead atoms. The Morgan fingerprint density at radius 2 is 1.74 bits per heavy atom. The van der Waals surface area contributed by atoms with E-state index in [1.165, 1.54) is 44.6 Å². The Morgan fingerprint density at radius 3 is 2.35 bits per heavy atom. The highest BCUT2D eigenvalue weighted by Gasteiger charge is 2.20. The first-order chi connectivity index (χ1) is 16.2. The molecule has 0 saturated heterocycles. The van der Waals surface area contributed by atoms with Gasteiger partial charge in [-0.25, -0.2) is 8.42 Å². The standard InChI is InChI=1S/C23H26N4O6S/c1-5-18(33-19-9-7-6-8-15(19)2)22(28)24-16-10-12-17(13-11-16)34(29,30)27-20-14-21(31-3)26-23(25-20)32-4/h6-14,18H,5H2,1-4H3,(H,24,28)(H,25,26,27). The van der Waals surface area contributed by atoms with E-state index in [9.17, 15) is 13.2 Å². The third-order valence-corrected chi connectivity index (χ3v) is 6.14. The number of anilines is 2. The second-order valence-electron chi connectivity index (χ2n) is 7.18. The molecule has 180 valence electrons. The van der Waals surface area contributed by atoms with Crippen molar-refractivity contribution < 1.29 is 27.4 Å². The van der Waals surface area contributed by atoms with Gasteiger partial charge in [0.15, 0.2) is 11.9 Å². The number of aryl methyl sites for hydroxylation is 1. The fourth-order valence-corrected chi connectivity index (χ4v) is 3.95. The van der Waals surface area contributed by atoms with E-state index in [0.717, 1.165) is 5.56 Å². The monoisotopic (exact) mass is 486 g/mol. The molecule has 0 fully saturated rings. The summed E-state index contributed by atoms with van der Waals surface area (Å²) in [5.41, 5.74) is 1.36. The van der Waals surface area contributed by atoms with E-state index in [4.69, 9.17) is 14.2 Å². The lowest BCUT2D eigenvalue weighted by Crippen LogP contribution is -2.32. The zero-order valence-corrected chi connectivity index (χ0v) is 20.0. The van der Waals surface area contributed by atoms with Crippen LogP contribution in [0.25, 0.3) is 0 Å². The van der Waals surface area contributed by atoms with E-state index < -0.39 is 16.1 Å². The van der Waals surface area contributed by atoms with E-state index in [1.807, 2.05) is 32.0 Å². The molecule has 34 heavy (non-hydrogen) atoms. The van der Waals surface area contributed by atoms with Crippen molar-refractivity contribution in [3.05, 3.63) is 60.2 Å². The van der Waals surface area contributed by atoms with Crippen LogP contribution < -0.4 is 24.2 Å². The third-order valence-electron chi connectivity index (χ3n) is 4.77. The molecule has 2 aromatic carbocycles. The minimum atomic E-state index is -3.96. The summed E-state index contributed by atoms with van der Waals surface area (Å²) in [4.78, 5) is 20.6. The molecule has 0 radical (unpaired) electrons. The topological polar surface area (TPSA) is 129 Å². The first-order valence-corrected chi connectivity index (χ1v) is 11.9. The summed E-state index contributed by atoms with van der Waals surface area (Å²) in [6.45, 7) is 3.75. The van der Waals surface area contributed by atoms with E-state index in [-0.39, 0.29) is 28.5 Å². The number of nitrogens with one attached hydrogen (secondary N) is 2. The van der Waals surface area contributed by atoms with Crippen molar-refractivity contribution in [3.8, 4) is 17.6 Å². The third kappa shape index (κ3) is 6.13. The number of hydrogen-bond donors (Lipinski definition) is 2. The minimum Gasteiger partial charge on any atom is -0.481 e. The van der Waals surface area contributed by atoms with Crippen molar-refractivity contribution in [1.29, 1.82) is 0 Å². The van der Waals surface area contributed by atoms with Gasteiger partial charge in [0, 0.05) is 11.8 Å². The van der Waals surface area contributed by atoms with Crippen LogP contribution in [-0.4, -0.2) is 44.6 Å². The maximum atomic E-state index is 12.8. The van der Waals surface area contributed by atoms with Crippen molar-refractivity contribution in [1.82, 2.24) is 9.97 Å². The molecule has 3 rings (SSSR count). The molecule has 0 spiro atoms. The Hall–Kier alpha value is -3.86. The smallest absolute Gasteiger partial charge is 0.321 e. The number of hydrogen-bond acceptors (Lipinski definition) is 8. The fourth-order valence-electron chi connectivity index (χ4n) is 2.95. The Kier molecular flexibility index (Phi) is 7.90. The molecule has 10 nitrogen and oxygen atoms in total. The molecule has 1 unspecified atom stereocenters. The van der Waals surface area contributed by atoms with Crippen LogP contribution in [0.5, 0.6) is 17.6 Å². The van der Waals surface area contributed by atoms with Crippen molar-refractivity contribution in [3.63, 3.8) is 0 Å². The summed E-state index contributed by atoms with van der Waals surface area (Å²) in [6, 6.07) is 14.5. The summed E-state index contributed by atoms with van der Waals surface area (Å²) in [7, 11) is -1.22. The highest BCUT2D eigenvalue weighted by atomic mass is 32.2. The van der Waals surface area contributed by atoms with E-state index in [0.29, 0.717) is 17.9 Å². The van der Waals surface area contributed by atoms with Crippen molar-refractivity contribution in [2.45, 2.75) is 31.3 Å². The Bertz CT molecular complexity index is 1230. The summed E-state index contributed by atoms with van der Waals surface area (Å²) >= 11 is 0. The average molecular weight is 487 g/mol. The second-order valence-corrected chi connectivity index (χ2v) is 8.86. The Balaban J connectivity index is 1.70. The molecule has 1 atom stereocenters. The number of carbonyl (C=O) groups excluding carboxylic acids is 1. The van der Waals surface area contributed by atoms with Crippen LogP contribution in [0.1, 0.15) is 18.9 Å². The molecule has 11 heteroatoms. The van der Waals surface area contributed by atoms with Crippen molar-refractivity contribution in [2.24, 2.45) is 0 Å². The van der Waals surface area contributed by atoms with Crippen molar-refractivity contribution in [2.75, 3.05) is 24.3 Å². The van der Waals surface area contributed by atoms with Crippen LogP contribution in [0, 0.1) is 6.92 Å². The number of aromatic nitrogens is 2. The maximum absolute atomic E-state index is 12.8. The number of para-hydroxylation sites is 1. The van der Waals surface area contributed by atoms with Gasteiger partial charge in [0.25, 0.3) is 15.9 Å². The molecule has 0 aliphatic rings. The number of amides is 1. The summed E-state index contributed by atoms with van der Waals surface area (Å²) in [5, 5.41) is 2.76. The lowest BCUT2D eigenvalue weighted by molar-refractivity contribution is -0.122. The highest BCUT2D eigenvalue weighted by Crippen LogP contribution is 2.23. The number of rotatable bonds is 10. The van der Waals surface area contributed by atoms with Crippen LogP contribution in [0.4, 0.5) is 11.5 Å². The van der Waals surface area contributed by atoms with Gasteiger partial charge in [-0.15, -0.1) is 0 Å². The quantitative estimate of drug-likeness (QED) is 0.446. The van der Waals surface area contributed by atoms with Gasteiger partial charge in [0.05, 0.1) is 19.1 Å². The van der Waals surface area contributed by atoms with Gasteiger partial charge < -0.3 is 19.5 Å². The van der Waals surface area contributed by atoms with Crippen molar-refractivity contribution >= 4 is 27.4 Å². The predicted molar refractivity (Wildman–Crippen MR) is 127 cm³/mol. The molecule has 0 aliphatic carbocycles. The molecular formula is C23H26N4O6S. The Labute approximate surface area is 198 Å². The number of carbonyl (C=O) groups is 1. The number of benzene rings is 2. The number of sulfonamides is 1. The molecule has 0 saturated carbocycles. The Morgan fingerprint density at radius 1 is 1.03 bits per heavy atom. The highest BCUT2D eigenvalue weighted by molar-refractivity contribution is 7.92. The van der Waals surface area contributed by atoms with Gasteiger partial charge in [-0.05, 0) is 49.2 Å². The molecular weight excluding hydrogens is 460 g/mol. The molecule has 1 amide bonds. The second kappa shape index (κ2) is 10.8. The van der Waals surface area contributed by atoms with Crippen LogP contribution >= 0.6 is 0 Å². The van der Waals surface area contributed by atoms with Crippen LogP contribution in [0.2, 0.25) is 0 Å². The SMILES string of the molecule is CCC(Oc1ccccc1C)C(=O)Nc1ccc(S(=O)(=O)Nc2cc(OC)nc(OC)n2)cc1. The molecule has 2 N–H and O–H groups in total.